The largest absolute Gasteiger partial charge is 0.573 e. The molecule has 2 heterocycles. The van der Waals surface area contributed by atoms with Crippen LogP contribution in [0.5, 0.6) is 17.2 Å². The smallest absolute Gasteiger partial charge is 0.454 e. The lowest BCUT2D eigenvalue weighted by Crippen LogP contribution is -2.31. The number of anilines is 1. The molecule has 0 saturated carbocycles. The van der Waals surface area contributed by atoms with Gasteiger partial charge in [0.2, 0.25) is 12.7 Å². The second kappa shape index (κ2) is 8.88. The number of carbonyl (C=O) groups excluding carboxylic acids is 3. The lowest BCUT2D eigenvalue weighted by Gasteiger charge is -2.13. The SMILES string of the molecule is O=C(CCC1NC(=O)N(Cc2ccc3c(c2)OCO3)C1=O)Nc1cccc(OC(F)(F)F)c1. The van der Waals surface area contributed by atoms with Crippen LogP contribution in [0.2, 0.25) is 0 Å². The number of rotatable bonds is 7. The molecule has 0 spiro atoms. The van der Waals surface area contributed by atoms with Crippen LogP contribution >= 0.6 is 0 Å². The Bertz CT molecular complexity index is 1090. The number of urea groups is 1. The number of ether oxygens (including phenoxy) is 3. The summed E-state index contributed by atoms with van der Waals surface area (Å²) < 4.78 is 51.3. The van der Waals surface area contributed by atoms with Crippen molar-refractivity contribution in [3.63, 3.8) is 0 Å². The number of amides is 4. The molecule has 2 aliphatic rings. The van der Waals surface area contributed by atoms with Crippen LogP contribution in [0.4, 0.5) is 23.7 Å². The van der Waals surface area contributed by atoms with Gasteiger partial charge in [0.15, 0.2) is 11.5 Å². The van der Waals surface area contributed by atoms with Crippen molar-refractivity contribution in [3.05, 3.63) is 48.0 Å². The van der Waals surface area contributed by atoms with Gasteiger partial charge in [0.25, 0.3) is 5.91 Å². The highest BCUT2D eigenvalue weighted by atomic mass is 19.4. The zero-order chi connectivity index (χ0) is 23.6. The van der Waals surface area contributed by atoms with E-state index in [2.05, 4.69) is 15.4 Å². The number of halogens is 3. The van der Waals surface area contributed by atoms with Gasteiger partial charge in [-0.25, -0.2) is 4.79 Å². The van der Waals surface area contributed by atoms with Gasteiger partial charge in [0, 0.05) is 18.2 Å². The molecule has 12 heteroatoms. The van der Waals surface area contributed by atoms with Crippen molar-refractivity contribution < 1.29 is 41.8 Å². The number of hydrogen-bond donors (Lipinski definition) is 2. The van der Waals surface area contributed by atoms with Gasteiger partial charge in [-0.15, -0.1) is 13.2 Å². The first-order valence-electron chi connectivity index (χ1n) is 9.84. The lowest BCUT2D eigenvalue weighted by molar-refractivity contribution is -0.274. The van der Waals surface area contributed by atoms with Crippen molar-refractivity contribution in [2.75, 3.05) is 12.1 Å². The highest BCUT2D eigenvalue weighted by molar-refractivity contribution is 6.04. The molecule has 33 heavy (non-hydrogen) atoms. The summed E-state index contributed by atoms with van der Waals surface area (Å²) in [4.78, 5) is 38.1. The van der Waals surface area contributed by atoms with Crippen molar-refractivity contribution >= 4 is 23.5 Å². The minimum absolute atomic E-state index is 0.0206. The third kappa shape index (κ3) is 5.45. The van der Waals surface area contributed by atoms with Crippen LogP contribution in [0.1, 0.15) is 18.4 Å². The molecule has 2 aromatic rings. The minimum Gasteiger partial charge on any atom is -0.454 e. The predicted molar refractivity (Wildman–Crippen MR) is 106 cm³/mol. The average Bonchev–Trinajstić information content (AvgIpc) is 3.30. The minimum atomic E-state index is -4.85. The third-order valence-corrected chi connectivity index (χ3v) is 4.90. The second-order valence-corrected chi connectivity index (χ2v) is 7.28. The fourth-order valence-electron chi connectivity index (χ4n) is 3.41. The second-order valence-electron chi connectivity index (χ2n) is 7.28. The van der Waals surface area contributed by atoms with Gasteiger partial charge < -0.3 is 24.8 Å². The highest BCUT2D eigenvalue weighted by Crippen LogP contribution is 2.33. The molecule has 174 valence electrons. The van der Waals surface area contributed by atoms with Crippen LogP contribution in [-0.2, 0) is 16.1 Å². The van der Waals surface area contributed by atoms with Gasteiger partial charge in [-0.05, 0) is 36.2 Å². The molecule has 1 unspecified atom stereocenters. The van der Waals surface area contributed by atoms with Crippen molar-refractivity contribution in [1.29, 1.82) is 0 Å². The van der Waals surface area contributed by atoms with E-state index in [-0.39, 0.29) is 31.9 Å². The van der Waals surface area contributed by atoms with Gasteiger partial charge in [-0.3, -0.25) is 14.5 Å². The molecule has 1 atom stereocenters. The van der Waals surface area contributed by atoms with Crippen molar-refractivity contribution in [1.82, 2.24) is 10.2 Å². The number of imide groups is 1. The molecule has 0 aliphatic carbocycles. The summed E-state index contributed by atoms with van der Waals surface area (Å²) in [6, 6.07) is 8.43. The molecule has 2 N–H and O–H groups in total. The summed E-state index contributed by atoms with van der Waals surface area (Å²) in [5, 5.41) is 4.98. The van der Waals surface area contributed by atoms with Gasteiger partial charge in [0.05, 0.1) is 6.54 Å². The average molecular weight is 465 g/mol. The van der Waals surface area contributed by atoms with Gasteiger partial charge in [-0.1, -0.05) is 12.1 Å². The first-order chi connectivity index (χ1) is 15.7. The van der Waals surface area contributed by atoms with E-state index in [1.165, 1.54) is 12.1 Å². The zero-order valence-corrected chi connectivity index (χ0v) is 17.0. The summed E-state index contributed by atoms with van der Waals surface area (Å²) in [7, 11) is 0. The fourth-order valence-corrected chi connectivity index (χ4v) is 3.41. The molecule has 1 saturated heterocycles. The summed E-state index contributed by atoms with van der Waals surface area (Å²) in [6.45, 7) is 0.127. The maximum atomic E-state index is 12.6. The van der Waals surface area contributed by atoms with E-state index >= 15 is 0 Å². The highest BCUT2D eigenvalue weighted by Gasteiger charge is 2.38. The Labute approximate surface area is 185 Å². The van der Waals surface area contributed by atoms with E-state index in [1.54, 1.807) is 18.2 Å². The summed E-state index contributed by atoms with van der Waals surface area (Å²) in [5.41, 5.74) is 0.773. The van der Waals surface area contributed by atoms with E-state index in [1.807, 2.05) is 0 Å². The van der Waals surface area contributed by atoms with E-state index in [9.17, 15) is 27.6 Å². The number of carbonyl (C=O) groups is 3. The van der Waals surface area contributed by atoms with Crippen LogP contribution in [0, 0.1) is 0 Å². The molecular weight excluding hydrogens is 447 g/mol. The van der Waals surface area contributed by atoms with E-state index < -0.39 is 36.0 Å². The lowest BCUT2D eigenvalue weighted by atomic mass is 10.1. The molecule has 1 fully saturated rings. The Kier molecular flexibility index (Phi) is 5.99. The Morgan fingerprint density at radius 2 is 1.94 bits per heavy atom. The molecule has 2 aliphatic heterocycles. The maximum absolute atomic E-state index is 12.6. The third-order valence-electron chi connectivity index (χ3n) is 4.90. The molecule has 4 rings (SSSR count). The molecule has 0 aromatic heterocycles. The number of fused-ring (bicyclic) bond motifs is 1. The van der Waals surface area contributed by atoms with Gasteiger partial charge >= 0.3 is 12.4 Å². The van der Waals surface area contributed by atoms with E-state index in [4.69, 9.17) is 9.47 Å². The topological polar surface area (TPSA) is 106 Å². The van der Waals surface area contributed by atoms with Crippen molar-refractivity contribution in [2.45, 2.75) is 31.8 Å². The van der Waals surface area contributed by atoms with Gasteiger partial charge in [-0.2, -0.15) is 0 Å². The maximum Gasteiger partial charge on any atom is 0.573 e. The van der Waals surface area contributed by atoms with Crippen LogP contribution in [-0.4, -0.2) is 41.9 Å². The Hall–Kier alpha value is -3.96. The Balaban J connectivity index is 1.30. The quantitative estimate of drug-likeness (QED) is 0.609. The van der Waals surface area contributed by atoms with E-state index in [0.717, 1.165) is 17.0 Å². The van der Waals surface area contributed by atoms with Crippen molar-refractivity contribution in [3.8, 4) is 17.2 Å². The molecule has 0 bridgehead atoms. The number of nitrogens with one attached hydrogen (secondary N) is 2. The van der Waals surface area contributed by atoms with E-state index in [0.29, 0.717) is 17.1 Å². The first-order valence-corrected chi connectivity index (χ1v) is 9.84. The fraction of sp³-hybridized carbons (Fsp3) is 0.286. The predicted octanol–water partition coefficient (Wildman–Crippen LogP) is 3.15. The normalized spacial score (nSPS) is 17.2. The number of nitrogens with zero attached hydrogens (tertiary/aromatic N) is 1. The summed E-state index contributed by atoms with van der Waals surface area (Å²) >= 11 is 0. The molecule has 4 amide bonds. The Morgan fingerprint density at radius 3 is 2.73 bits per heavy atom. The van der Waals surface area contributed by atoms with Crippen LogP contribution < -0.4 is 24.8 Å². The first kappa shape index (κ1) is 22.2. The number of hydrogen-bond acceptors (Lipinski definition) is 6. The van der Waals surface area contributed by atoms with Gasteiger partial charge in [0.1, 0.15) is 11.8 Å². The van der Waals surface area contributed by atoms with Crippen molar-refractivity contribution in [2.24, 2.45) is 0 Å². The summed E-state index contributed by atoms with van der Waals surface area (Å²) in [6.07, 6.45) is -4.97. The van der Waals surface area contributed by atoms with Crippen LogP contribution in [0.3, 0.4) is 0 Å². The zero-order valence-electron chi connectivity index (χ0n) is 17.0. The van der Waals surface area contributed by atoms with Crippen LogP contribution in [0.25, 0.3) is 0 Å². The monoisotopic (exact) mass is 465 g/mol. The standard InChI is InChI=1S/C21H18F3N3O6/c22-21(23,24)33-14-3-1-2-13(9-14)25-18(28)7-5-15-19(29)27(20(30)26-15)10-12-4-6-16-17(8-12)32-11-31-16/h1-4,6,8-9,15H,5,7,10-11H2,(H,25,28)(H,26,30). The molecule has 0 radical (unpaired) electrons. The Morgan fingerprint density at radius 1 is 1.15 bits per heavy atom. The summed E-state index contributed by atoms with van der Waals surface area (Å²) in [5.74, 6) is -0.382. The molecule has 2 aromatic carbocycles. The number of alkyl halides is 3. The van der Waals surface area contributed by atoms with Crippen LogP contribution in [0.15, 0.2) is 42.5 Å². The molecular formula is C21H18F3N3O6. The number of benzene rings is 2. The molecule has 9 nitrogen and oxygen atoms in total.